The van der Waals surface area contributed by atoms with E-state index >= 15 is 0 Å². The third-order valence-electron chi connectivity index (χ3n) is 6.67. The number of thiophene rings is 2. The van der Waals surface area contributed by atoms with Crippen LogP contribution in [0.5, 0.6) is 0 Å². The van der Waals surface area contributed by atoms with Gasteiger partial charge in [-0.05, 0) is 62.7 Å². The van der Waals surface area contributed by atoms with Crippen molar-refractivity contribution in [3.05, 3.63) is 70.9 Å². The van der Waals surface area contributed by atoms with Crippen LogP contribution in [-0.2, 0) is 6.42 Å². The molecule has 0 radical (unpaired) electrons. The van der Waals surface area contributed by atoms with Gasteiger partial charge < -0.3 is 0 Å². The maximum atomic E-state index is 2.43. The number of rotatable bonds is 6. The summed E-state index contributed by atoms with van der Waals surface area (Å²) in [4.78, 5) is 1.54. The van der Waals surface area contributed by atoms with Gasteiger partial charge in [0, 0.05) is 25.0 Å². The second-order valence-electron chi connectivity index (χ2n) is 8.68. The van der Waals surface area contributed by atoms with Crippen LogP contribution in [-0.4, -0.2) is 0 Å². The molecule has 0 amide bonds. The van der Waals surface area contributed by atoms with Crippen LogP contribution in [0.3, 0.4) is 0 Å². The Bertz CT molecular complexity index is 1550. The Morgan fingerprint density at radius 2 is 1.19 bits per heavy atom. The number of benzene rings is 4. The van der Waals surface area contributed by atoms with E-state index in [1.165, 1.54) is 95.9 Å². The Morgan fingerprint density at radius 3 is 1.97 bits per heavy atom. The summed E-state index contributed by atoms with van der Waals surface area (Å²) in [5.41, 5.74) is 0. The Kier molecular flexibility index (Phi) is 4.93. The van der Waals surface area contributed by atoms with Crippen LogP contribution in [0.4, 0.5) is 0 Å². The smallest absolute Gasteiger partial charge is 0.0424 e. The van der Waals surface area contributed by atoms with Crippen LogP contribution in [0.2, 0.25) is 0 Å². The molecule has 0 N–H and O–H groups in total. The highest BCUT2D eigenvalue weighted by Gasteiger charge is 2.11. The van der Waals surface area contributed by atoms with Crippen LogP contribution >= 0.6 is 22.7 Å². The monoisotopic (exact) mass is 438 g/mol. The zero-order valence-corrected chi connectivity index (χ0v) is 19.5. The molecule has 0 bridgehead atoms. The molecule has 0 spiro atoms. The van der Waals surface area contributed by atoms with E-state index in [4.69, 9.17) is 0 Å². The van der Waals surface area contributed by atoms with E-state index in [1.54, 1.807) is 0 Å². The van der Waals surface area contributed by atoms with Crippen molar-refractivity contribution in [2.24, 2.45) is 0 Å². The summed E-state index contributed by atoms with van der Waals surface area (Å²) < 4.78 is 2.86. The fourth-order valence-corrected chi connectivity index (χ4v) is 7.20. The molecule has 0 aliphatic carbocycles. The molecular weight excluding hydrogens is 412 g/mol. The molecule has 0 fully saturated rings. The largest absolute Gasteiger partial charge is 0.143 e. The van der Waals surface area contributed by atoms with Crippen LogP contribution in [0.1, 0.15) is 43.9 Å². The average molecular weight is 439 g/mol. The highest BCUT2D eigenvalue weighted by molar-refractivity contribution is 7.20. The maximum absolute atomic E-state index is 2.43. The molecule has 0 unspecified atom stereocenters. The quantitative estimate of drug-likeness (QED) is 0.179. The van der Waals surface area contributed by atoms with Crippen molar-refractivity contribution in [1.82, 2.24) is 0 Å². The topological polar surface area (TPSA) is 0 Å². The Hall–Kier alpha value is -2.42. The normalized spacial score (nSPS) is 12.2. The first-order valence-corrected chi connectivity index (χ1v) is 13.2. The molecule has 31 heavy (non-hydrogen) atoms. The first-order valence-electron chi connectivity index (χ1n) is 11.5. The number of hydrogen-bond donors (Lipinski definition) is 0. The van der Waals surface area contributed by atoms with Crippen molar-refractivity contribution < 1.29 is 0 Å². The molecule has 0 saturated carbocycles. The number of unbranched alkanes of at least 4 members (excludes halogenated alkanes) is 4. The third kappa shape index (κ3) is 3.24. The van der Waals surface area contributed by atoms with Crippen LogP contribution in [0.25, 0.3) is 52.5 Å². The highest BCUT2D eigenvalue weighted by Crippen LogP contribution is 2.40. The molecule has 6 rings (SSSR count). The minimum absolute atomic E-state index is 1.22. The summed E-state index contributed by atoms with van der Waals surface area (Å²) in [5.74, 6) is 0. The van der Waals surface area contributed by atoms with E-state index in [0.717, 1.165) is 0 Å². The van der Waals surface area contributed by atoms with Gasteiger partial charge in [-0.15, -0.1) is 22.7 Å². The number of fused-ring (bicyclic) bond motifs is 9. The zero-order chi connectivity index (χ0) is 20.8. The van der Waals surface area contributed by atoms with Gasteiger partial charge in [-0.2, -0.15) is 0 Å². The summed E-state index contributed by atoms with van der Waals surface area (Å²) in [6.07, 6.45) is 7.96. The second-order valence-corrected chi connectivity index (χ2v) is 10.7. The molecular formula is C29H26S2. The fourth-order valence-electron chi connectivity index (χ4n) is 5.04. The van der Waals surface area contributed by atoms with Crippen molar-refractivity contribution in [1.29, 1.82) is 0 Å². The van der Waals surface area contributed by atoms with E-state index in [9.17, 15) is 0 Å². The summed E-state index contributed by atoms with van der Waals surface area (Å²) in [7, 11) is 0. The van der Waals surface area contributed by atoms with Gasteiger partial charge in [0.1, 0.15) is 0 Å². The van der Waals surface area contributed by atoms with Crippen molar-refractivity contribution in [2.75, 3.05) is 0 Å². The minimum atomic E-state index is 1.22. The molecule has 0 saturated heterocycles. The fraction of sp³-hybridized carbons (Fsp3) is 0.241. The molecule has 0 aliphatic heterocycles. The summed E-state index contributed by atoms with van der Waals surface area (Å²) in [5, 5.41) is 13.2. The summed E-state index contributed by atoms with van der Waals surface area (Å²) >= 11 is 3.85. The van der Waals surface area contributed by atoms with Gasteiger partial charge in [-0.1, -0.05) is 81.1 Å². The van der Waals surface area contributed by atoms with Crippen LogP contribution in [0.15, 0.2) is 66.0 Å². The second kappa shape index (κ2) is 7.93. The van der Waals surface area contributed by atoms with Gasteiger partial charge >= 0.3 is 0 Å². The Balaban J connectivity index is 1.46. The molecule has 154 valence electrons. The molecule has 6 aromatic rings. The molecule has 0 nitrogen and oxygen atoms in total. The van der Waals surface area contributed by atoms with Crippen molar-refractivity contribution >= 4 is 75.2 Å². The van der Waals surface area contributed by atoms with Gasteiger partial charge in [0.25, 0.3) is 0 Å². The van der Waals surface area contributed by atoms with Gasteiger partial charge in [0.15, 0.2) is 0 Å². The van der Waals surface area contributed by atoms with E-state index < -0.39 is 0 Å². The lowest BCUT2D eigenvalue weighted by molar-refractivity contribution is 0.634. The van der Waals surface area contributed by atoms with E-state index in [0.29, 0.717) is 0 Å². The maximum Gasteiger partial charge on any atom is 0.0424 e. The molecule has 2 heteroatoms. The Labute approximate surface area is 191 Å². The highest BCUT2D eigenvalue weighted by atomic mass is 32.1. The lowest BCUT2D eigenvalue weighted by Crippen LogP contribution is -1.81. The number of hydrogen-bond acceptors (Lipinski definition) is 2. The lowest BCUT2D eigenvalue weighted by Gasteiger charge is -2.09. The van der Waals surface area contributed by atoms with Gasteiger partial charge in [0.2, 0.25) is 0 Å². The van der Waals surface area contributed by atoms with Gasteiger partial charge in [-0.3, -0.25) is 0 Å². The predicted molar refractivity (Wildman–Crippen MR) is 142 cm³/mol. The number of aryl methyl sites for hydroxylation is 1. The van der Waals surface area contributed by atoms with Crippen LogP contribution in [0, 0.1) is 0 Å². The van der Waals surface area contributed by atoms with Crippen molar-refractivity contribution in [3.63, 3.8) is 0 Å². The Morgan fingerprint density at radius 1 is 0.581 bits per heavy atom. The molecule has 0 atom stereocenters. The SMILES string of the molecule is CCCCCCCc1cc2ccc3c4ccc5c(ccc6ccsc65)c4ccc3c2s1. The first-order chi connectivity index (χ1) is 15.3. The zero-order valence-electron chi connectivity index (χ0n) is 17.9. The van der Waals surface area contributed by atoms with Gasteiger partial charge in [-0.25, -0.2) is 0 Å². The van der Waals surface area contributed by atoms with Crippen molar-refractivity contribution in [3.8, 4) is 0 Å². The molecule has 4 aromatic carbocycles. The third-order valence-corrected chi connectivity index (χ3v) is 8.87. The lowest BCUT2D eigenvalue weighted by atomic mass is 9.96. The molecule has 0 aliphatic rings. The van der Waals surface area contributed by atoms with E-state index in [-0.39, 0.29) is 0 Å². The minimum Gasteiger partial charge on any atom is -0.143 e. The van der Waals surface area contributed by atoms with E-state index in [1.807, 2.05) is 22.7 Å². The first kappa shape index (κ1) is 19.3. The van der Waals surface area contributed by atoms with Crippen molar-refractivity contribution in [2.45, 2.75) is 45.4 Å². The van der Waals surface area contributed by atoms with E-state index in [2.05, 4.69) is 73.0 Å². The summed E-state index contributed by atoms with van der Waals surface area (Å²) in [6, 6.07) is 23.3. The van der Waals surface area contributed by atoms with Crippen LogP contribution < -0.4 is 0 Å². The van der Waals surface area contributed by atoms with Gasteiger partial charge in [0.05, 0.1) is 0 Å². The average Bonchev–Trinajstić information content (AvgIpc) is 3.45. The standard InChI is InChI=1S/C29H26S2/c1-2-3-4-5-6-7-21-18-20-9-11-25-23-12-14-26-24(10-8-19-16-17-30-28(19)26)22(23)13-15-27(25)29(20)31-21/h8-18H,2-7H2,1H3. The predicted octanol–water partition coefficient (Wildman–Crippen LogP) is 10.1. The molecule has 2 heterocycles. The molecule has 2 aromatic heterocycles. The summed E-state index contributed by atoms with van der Waals surface area (Å²) in [6.45, 7) is 2.28.